The van der Waals surface area contributed by atoms with Crippen molar-refractivity contribution in [2.45, 2.75) is 18.9 Å². The van der Waals surface area contributed by atoms with Crippen LogP contribution in [0.2, 0.25) is 5.02 Å². The molecule has 0 radical (unpaired) electrons. The summed E-state index contributed by atoms with van der Waals surface area (Å²) < 4.78 is 0. The van der Waals surface area contributed by atoms with Gasteiger partial charge in [-0.3, -0.25) is 25.0 Å². The molecule has 0 bridgehead atoms. The van der Waals surface area contributed by atoms with Gasteiger partial charge in [0.1, 0.15) is 11.0 Å². The number of aromatic nitrogens is 2. The summed E-state index contributed by atoms with van der Waals surface area (Å²) in [4.78, 5) is 37.3. The number of anilines is 1. The quantitative estimate of drug-likeness (QED) is 0.315. The van der Waals surface area contributed by atoms with Crippen LogP contribution in [0.5, 0.6) is 0 Å². The van der Waals surface area contributed by atoms with Gasteiger partial charge in [0.2, 0.25) is 16.9 Å². The Morgan fingerprint density at radius 3 is 2.58 bits per heavy atom. The molecule has 9 nitrogen and oxygen atoms in total. The van der Waals surface area contributed by atoms with Gasteiger partial charge < -0.3 is 4.90 Å². The van der Waals surface area contributed by atoms with Crippen LogP contribution in [0, 0.1) is 10.1 Å². The van der Waals surface area contributed by atoms with Crippen LogP contribution in [0.25, 0.3) is 16.6 Å². The monoisotopic (exact) mass is 483 g/mol. The summed E-state index contributed by atoms with van der Waals surface area (Å²) in [6, 6.07) is 12.4. The lowest BCUT2D eigenvalue weighted by Gasteiger charge is -2.22. The van der Waals surface area contributed by atoms with E-state index in [2.05, 4.69) is 15.5 Å². The van der Waals surface area contributed by atoms with Crippen LogP contribution in [-0.2, 0) is 9.59 Å². The Balaban J connectivity index is 1.39. The van der Waals surface area contributed by atoms with Gasteiger partial charge >= 0.3 is 0 Å². The molecule has 2 aromatic carbocycles. The van der Waals surface area contributed by atoms with Crippen molar-refractivity contribution in [1.82, 2.24) is 15.1 Å². The van der Waals surface area contributed by atoms with Crippen LogP contribution < -0.4 is 5.32 Å². The Bertz CT molecular complexity index is 1210. The van der Waals surface area contributed by atoms with Crippen LogP contribution >= 0.6 is 22.9 Å². The molecule has 0 spiro atoms. The van der Waals surface area contributed by atoms with E-state index in [0.717, 1.165) is 5.56 Å². The van der Waals surface area contributed by atoms with Crippen LogP contribution in [0.3, 0.4) is 0 Å². The van der Waals surface area contributed by atoms with Gasteiger partial charge in [0, 0.05) is 35.3 Å². The first-order valence-corrected chi connectivity index (χ1v) is 11.2. The van der Waals surface area contributed by atoms with Crippen LogP contribution in [0.15, 0.2) is 54.6 Å². The Labute approximate surface area is 197 Å². The number of nitrogens with one attached hydrogen (secondary N) is 1. The number of nitrogens with zero attached hydrogens (tertiary/aromatic N) is 4. The highest BCUT2D eigenvalue weighted by atomic mass is 35.5. The normalized spacial score (nSPS) is 15.7. The highest BCUT2D eigenvalue weighted by molar-refractivity contribution is 7.18. The average Bonchev–Trinajstić information content (AvgIpc) is 3.48. The van der Waals surface area contributed by atoms with E-state index < -0.39 is 11.0 Å². The van der Waals surface area contributed by atoms with E-state index in [-0.39, 0.29) is 17.5 Å². The molecule has 2 amide bonds. The van der Waals surface area contributed by atoms with E-state index >= 15 is 0 Å². The molecule has 1 unspecified atom stereocenters. The molecule has 33 heavy (non-hydrogen) atoms. The van der Waals surface area contributed by atoms with Crippen molar-refractivity contribution in [2.75, 3.05) is 11.9 Å². The zero-order valence-electron chi connectivity index (χ0n) is 17.2. The van der Waals surface area contributed by atoms with Gasteiger partial charge in [0.25, 0.3) is 5.69 Å². The largest absolute Gasteiger partial charge is 0.327 e. The number of halogens is 1. The van der Waals surface area contributed by atoms with Gasteiger partial charge in [-0.15, -0.1) is 10.2 Å². The minimum atomic E-state index is -0.609. The average molecular weight is 484 g/mol. The lowest BCUT2D eigenvalue weighted by molar-refractivity contribution is -0.384. The van der Waals surface area contributed by atoms with Crippen molar-refractivity contribution in [2.24, 2.45) is 0 Å². The molecule has 2 heterocycles. The number of hydrogen-bond donors (Lipinski definition) is 1. The van der Waals surface area contributed by atoms with Crippen LogP contribution in [0.1, 0.15) is 18.4 Å². The van der Waals surface area contributed by atoms with Gasteiger partial charge in [0.15, 0.2) is 0 Å². The lowest BCUT2D eigenvalue weighted by Crippen LogP contribution is -2.42. The van der Waals surface area contributed by atoms with E-state index in [1.165, 1.54) is 34.4 Å². The number of rotatable bonds is 6. The molecule has 1 saturated heterocycles. The number of carbonyl (C=O) groups excluding carboxylic acids is 2. The zero-order valence-corrected chi connectivity index (χ0v) is 18.8. The molecule has 1 aliphatic rings. The predicted octanol–water partition coefficient (Wildman–Crippen LogP) is 4.41. The van der Waals surface area contributed by atoms with Gasteiger partial charge in [-0.2, -0.15) is 0 Å². The van der Waals surface area contributed by atoms with Crippen molar-refractivity contribution in [3.8, 4) is 10.6 Å². The van der Waals surface area contributed by atoms with Crippen molar-refractivity contribution < 1.29 is 14.5 Å². The molecular weight excluding hydrogens is 466 g/mol. The topological polar surface area (TPSA) is 118 Å². The summed E-state index contributed by atoms with van der Waals surface area (Å²) in [5.74, 6) is -0.617. The molecule has 3 aromatic rings. The Kier molecular flexibility index (Phi) is 6.76. The summed E-state index contributed by atoms with van der Waals surface area (Å²) in [5.41, 5.74) is 1.47. The molecule has 1 aliphatic heterocycles. The number of hydrogen-bond acceptors (Lipinski definition) is 7. The second-order valence-electron chi connectivity index (χ2n) is 7.28. The van der Waals surface area contributed by atoms with Crippen molar-refractivity contribution >= 4 is 51.6 Å². The number of benzene rings is 2. The highest BCUT2D eigenvalue weighted by Gasteiger charge is 2.33. The highest BCUT2D eigenvalue weighted by Crippen LogP contribution is 2.28. The summed E-state index contributed by atoms with van der Waals surface area (Å²) in [6.45, 7) is 0.466. The van der Waals surface area contributed by atoms with Crippen molar-refractivity contribution in [1.29, 1.82) is 0 Å². The number of nitro groups is 1. The van der Waals surface area contributed by atoms with E-state index in [1.807, 2.05) is 12.1 Å². The summed E-state index contributed by atoms with van der Waals surface area (Å²) in [6.07, 6.45) is 4.20. The van der Waals surface area contributed by atoms with E-state index in [4.69, 9.17) is 11.6 Å². The molecule has 1 aromatic heterocycles. The van der Waals surface area contributed by atoms with Gasteiger partial charge in [-0.1, -0.05) is 35.1 Å². The third-order valence-electron chi connectivity index (χ3n) is 5.11. The second-order valence-corrected chi connectivity index (χ2v) is 8.69. The maximum atomic E-state index is 12.8. The van der Waals surface area contributed by atoms with Crippen molar-refractivity contribution in [3.05, 3.63) is 75.3 Å². The Hall–Kier alpha value is -3.63. The fraction of sp³-hybridized carbons (Fsp3) is 0.182. The third kappa shape index (κ3) is 5.41. The summed E-state index contributed by atoms with van der Waals surface area (Å²) in [5, 5.41) is 23.3. The number of carbonyl (C=O) groups is 2. The minimum Gasteiger partial charge on any atom is -0.327 e. The molecular formula is C22H18ClN5O4S. The maximum Gasteiger partial charge on any atom is 0.269 e. The minimum absolute atomic E-state index is 0.0225. The number of non-ortho nitro benzene ring substituents is 1. The molecule has 11 heteroatoms. The SMILES string of the molecule is O=C(Nc1nnc(-c2ccc(Cl)cc2)s1)C1CCCN1C(=O)/C=C/c1ccc([N+](=O)[O-])cc1. The first kappa shape index (κ1) is 22.6. The Morgan fingerprint density at radius 1 is 1.15 bits per heavy atom. The van der Waals surface area contributed by atoms with E-state index in [9.17, 15) is 19.7 Å². The van der Waals surface area contributed by atoms with Gasteiger partial charge in [-0.05, 0) is 48.7 Å². The summed E-state index contributed by atoms with van der Waals surface area (Å²) in [7, 11) is 0. The number of nitro benzene ring substituents is 1. The number of amides is 2. The van der Waals surface area contributed by atoms with Crippen LogP contribution in [-0.4, -0.2) is 44.4 Å². The third-order valence-corrected chi connectivity index (χ3v) is 6.25. The maximum absolute atomic E-state index is 12.8. The van der Waals surface area contributed by atoms with Gasteiger partial charge in [0.05, 0.1) is 4.92 Å². The molecule has 1 N–H and O–H groups in total. The van der Waals surface area contributed by atoms with E-state index in [0.29, 0.717) is 40.1 Å². The molecule has 1 atom stereocenters. The molecule has 0 saturated carbocycles. The standard InChI is InChI=1S/C22H18ClN5O4S/c23-16-8-6-15(7-9-16)21-25-26-22(33-21)24-20(30)18-2-1-13-27(18)19(29)12-5-14-3-10-17(11-4-14)28(31)32/h3-12,18H,1-2,13H2,(H,24,26,30)/b12-5+. The predicted molar refractivity (Wildman–Crippen MR) is 126 cm³/mol. The second kappa shape index (κ2) is 9.88. The first-order chi connectivity index (χ1) is 15.9. The number of likely N-dealkylation sites (tertiary alicyclic amines) is 1. The Morgan fingerprint density at radius 2 is 1.88 bits per heavy atom. The van der Waals surface area contributed by atoms with E-state index in [1.54, 1.807) is 30.3 Å². The summed E-state index contributed by atoms with van der Waals surface area (Å²) >= 11 is 7.15. The molecule has 1 fully saturated rings. The fourth-order valence-electron chi connectivity index (χ4n) is 3.45. The fourth-order valence-corrected chi connectivity index (χ4v) is 4.32. The van der Waals surface area contributed by atoms with Crippen molar-refractivity contribution in [3.63, 3.8) is 0 Å². The van der Waals surface area contributed by atoms with Crippen LogP contribution in [0.4, 0.5) is 10.8 Å². The smallest absolute Gasteiger partial charge is 0.269 e. The first-order valence-electron chi connectivity index (χ1n) is 10.0. The molecule has 168 valence electrons. The van der Waals surface area contributed by atoms with Gasteiger partial charge in [-0.25, -0.2) is 0 Å². The molecule has 4 rings (SSSR count). The zero-order chi connectivity index (χ0) is 23.4. The lowest BCUT2D eigenvalue weighted by atomic mass is 10.2. The molecule has 0 aliphatic carbocycles.